The van der Waals surface area contributed by atoms with E-state index >= 15 is 0 Å². The van der Waals surface area contributed by atoms with Gasteiger partial charge in [-0.15, -0.1) is 10.2 Å². The molecule has 0 amide bonds. The molecule has 0 atom stereocenters. The van der Waals surface area contributed by atoms with Crippen molar-refractivity contribution in [2.24, 2.45) is 0 Å². The minimum absolute atomic E-state index is 0.193. The van der Waals surface area contributed by atoms with Crippen molar-refractivity contribution in [3.05, 3.63) is 58.9 Å². The zero-order valence-corrected chi connectivity index (χ0v) is 16.1. The van der Waals surface area contributed by atoms with Crippen LogP contribution in [-0.4, -0.2) is 21.6 Å². The highest BCUT2D eigenvalue weighted by molar-refractivity contribution is 7.98. The second-order valence-corrected chi connectivity index (χ2v) is 7.31. The fourth-order valence-corrected chi connectivity index (χ4v) is 4.15. The summed E-state index contributed by atoms with van der Waals surface area (Å²) >= 11 is 1.53. The number of rotatable bonds is 5. The van der Waals surface area contributed by atoms with E-state index in [-0.39, 0.29) is 12.6 Å². The van der Waals surface area contributed by atoms with Gasteiger partial charge in [0.1, 0.15) is 11.6 Å². The minimum atomic E-state index is -0.282. The number of halogens is 1. The molecule has 3 aromatic rings. The molecule has 0 N–H and O–H groups in total. The molecule has 0 unspecified atom stereocenters. The molecule has 4 rings (SSSR count). The molecule has 1 aromatic heterocycles. The fourth-order valence-electron chi connectivity index (χ4n) is 3.18. The normalized spacial score (nSPS) is 13.3. The highest BCUT2D eigenvalue weighted by Crippen LogP contribution is 2.34. The molecule has 0 aliphatic carbocycles. The molecule has 0 bridgehead atoms. The molecule has 27 heavy (non-hydrogen) atoms. The number of aryl methyl sites for hydroxylation is 1. The number of hydrogen-bond acceptors (Lipinski definition) is 5. The van der Waals surface area contributed by atoms with Crippen molar-refractivity contribution in [2.75, 3.05) is 6.79 Å². The van der Waals surface area contributed by atoms with Crippen molar-refractivity contribution in [1.82, 2.24) is 14.8 Å². The first-order chi connectivity index (χ1) is 13.2. The molecule has 0 radical (unpaired) electrons. The van der Waals surface area contributed by atoms with Crippen molar-refractivity contribution in [3.8, 4) is 17.1 Å². The molecule has 2 heterocycles. The van der Waals surface area contributed by atoms with E-state index in [1.165, 1.54) is 29.5 Å². The maximum atomic E-state index is 13.9. The van der Waals surface area contributed by atoms with E-state index in [2.05, 4.69) is 40.7 Å². The topological polar surface area (TPSA) is 49.2 Å². The van der Waals surface area contributed by atoms with E-state index in [0.717, 1.165) is 40.0 Å². The lowest BCUT2D eigenvalue weighted by atomic mass is 10.1. The molecule has 5 nitrogen and oxygen atoms in total. The Bertz CT molecular complexity index is 974. The molecular weight excluding hydrogens is 365 g/mol. The lowest BCUT2D eigenvalue weighted by molar-refractivity contribution is -0.0171. The summed E-state index contributed by atoms with van der Waals surface area (Å²) in [5, 5.41) is 9.55. The summed E-state index contributed by atoms with van der Waals surface area (Å²) in [4.78, 5) is 0. The van der Waals surface area contributed by atoms with Crippen molar-refractivity contribution in [2.45, 2.75) is 37.9 Å². The van der Waals surface area contributed by atoms with Crippen LogP contribution in [0.1, 0.15) is 23.6 Å². The molecule has 7 heteroatoms. The molecule has 140 valence electrons. The highest BCUT2D eigenvalue weighted by Gasteiger charge is 2.19. The second kappa shape index (κ2) is 7.70. The highest BCUT2D eigenvalue weighted by atomic mass is 32.2. The summed E-state index contributed by atoms with van der Waals surface area (Å²) in [6.07, 6.45) is 0. The van der Waals surface area contributed by atoms with Crippen molar-refractivity contribution in [1.29, 1.82) is 0 Å². The number of nitrogens with zero attached hydrogens (tertiary/aromatic N) is 3. The maximum absolute atomic E-state index is 13.9. The van der Waals surface area contributed by atoms with Crippen LogP contribution in [0.4, 0.5) is 4.39 Å². The Hall–Kier alpha value is -2.38. The summed E-state index contributed by atoms with van der Waals surface area (Å²) in [5.74, 6) is 1.83. The largest absolute Gasteiger partial charge is 0.467 e. The Morgan fingerprint density at radius 1 is 1.22 bits per heavy atom. The van der Waals surface area contributed by atoms with Crippen LogP contribution in [0.3, 0.4) is 0 Å². The van der Waals surface area contributed by atoms with E-state index in [4.69, 9.17) is 9.47 Å². The summed E-state index contributed by atoms with van der Waals surface area (Å²) in [6.45, 7) is 5.44. The Kier molecular flexibility index (Phi) is 5.13. The van der Waals surface area contributed by atoms with Gasteiger partial charge in [0.2, 0.25) is 0 Å². The fraction of sp³-hybridized carbons (Fsp3) is 0.300. The van der Waals surface area contributed by atoms with Crippen LogP contribution >= 0.6 is 11.8 Å². The van der Waals surface area contributed by atoms with Gasteiger partial charge in [0.05, 0.1) is 6.61 Å². The van der Waals surface area contributed by atoms with Crippen molar-refractivity contribution < 1.29 is 13.9 Å². The molecule has 0 saturated heterocycles. The Morgan fingerprint density at radius 2 is 2.11 bits per heavy atom. The van der Waals surface area contributed by atoms with E-state index in [0.29, 0.717) is 12.4 Å². The van der Waals surface area contributed by atoms with E-state index in [1.54, 1.807) is 0 Å². The third-order valence-corrected chi connectivity index (χ3v) is 5.43. The SMILES string of the molecule is CCn1c(SCc2cc(F)cc3c2OCOC3)nnc1-c1cccc(C)c1. The van der Waals surface area contributed by atoms with Gasteiger partial charge in [-0.3, -0.25) is 0 Å². The quantitative estimate of drug-likeness (QED) is 0.602. The average Bonchev–Trinajstić information content (AvgIpc) is 3.09. The summed E-state index contributed by atoms with van der Waals surface area (Å²) in [6, 6.07) is 11.2. The van der Waals surface area contributed by atoms with Gasteiger partial charge in [-0.25, -0.2) is 4.39 Å². The van der Waals surface area contributed by atoms with Crippen LogP contribution in [0, 0.1) is 12.7 Å². The molecular formula is C20H20FN3O2S. The molecule has 2 aromatic carbocycles. The monoisotopic (exact) mass is 385 g/mol. The predicted molar refractivity (Wildman–Crippen MR) is 102 cm³/mol. The van der Waals surface area contributed by atoms with Gasteiger partial charge in [0, 0.05) is 29.0 Å². The first kappa shape index (κ1) is 18.0. The molecule has 0 fully saturated rings. The lowest BCUT2D eigenvalue weighted by Crippen LogP contribution is -2.13. The first-order valence-electron chi connectivity index (χ1n) is 8.80. The van der Waals surface area contributed by atoms with Crippen LogP contribution in [0.2, 0.25) is 0 Å². The molecule has 1 aliphatic heterocycles. The van der Waals surface area contributed by atoms with Crippen LogP contribution in [0.15, 0.2) is 41.6 Å². The number of aromatic nitrogens is 3. The number of benzene rings is 2. The van der Waals surface area contributed by atoms with E-state index < -0.39 is 0 Å². The molecule has 0 saturated carbocycles. The Balaban J connectivity index is 1.60. The standard InChI is InChI=1S/C20H20FN3O2S/c1-3-24-19(14-6-4-5-13(2)7-14)22-23-20(24)27-11-16-9-17(21)8-15-10-25-12-26-18(15)16/h4-9H,3,10-12H2,1-2H3. The van der Waals surface area contributed by atoms with Crippen LogP contribution in [0.5, 0.6) is 5.75 Å². The molecule has 1 aliphatic rings. The number of hydrogen-bond donors (Lipinski definition) is 0. The van der Waals surface area contributed by atoms with Crippen molar-refractivity contribution >= 4 is 11.8 Å². The minimum Gasteiger partial charge on any atom is -0.467 e. The van der Waals surface area contributed by atoms with Crippen LogP contribution in [-0.2, 0) is 23.6 Å². The molecule has 0 spiro atoms. The lowest BCUT2D eigenvalue weighted by Gasteiger charge is -2.20. The van der Waals surface area contributed by atoms with Gasteiger partial charge >= 0.3 is 0 Å². The first-order valence-corrected chi connectivity index (χ1v) is 9.79. The van der Waals surface area contributed by atoms with E-state index in [1.807, 2.05) is 12.1 Å². The Labute approximate surface area is 161 Å². The second-order valence-electron chi connectivity index (χ2n) is 6.37. The number of ether oxygens (including phenoxy) is 2. The third kappa shape index (κ3) is 3.70. The van der Waals surface area contributed by atoms with Gasteiger partial charge in [-0.2, -0.15) is 0 Å². The third-order valence-electron chi connectivity index (χ3n) is 4.42. The summed E-state index contributed by atoms with van der Waals surface area (Å²) in [5.41, 5.74) is 3.77. The zero-order chi connectivity index (χ0) is 18.8. The number of thioether (sulfide) groups is 1. The Morgan fingerprint density at radius 3 is 2.93 bits per heavy atom. The predicted octanol–water partition coefficient (Wildman–Crippen LogP) is 4.57. The van der Waals surface area contributed by atoms with Gasteiger partial charge in [-0.1, -0.05) is 35.5 Å². The van der Waals surface area contributed by atoms with Gasteiger partial charge in [0.15, 0.2) is 17.8 Å². The van der Waals surface area contributed by atoms with Crippen molar-refractivity contribution in [3.63, 3.8) is 0 Å². The zero-order valence-electron chi connectivity index (χ0n) is 15.2. The van der Waals surface area contributed by atoms with E-state index in [9.17, 15) is 4.39 Å². The summed E-state index contributed by atoms with van der Waals surface area (Å²) in [7, 11) is 0. The average molecular weight is 385 g/mol. The van der Waals surface area contributed by atoms with Gasteiger partial charge < -0.3 is 14.0 Å². The van der Waals surface area contributed by atoms with Gasteiger partial charge in [-0.05, 0) is 32.0 Å². The van der Waals surface area contributed by atoms with Crippen LogP contribution in [0.25, 0.3) is 11.4 Å². The smallest absolute Gasteiger partial charge is 0.191 e. The van der Waals surface area contributed by atoms with Gasteiger partial charge in [0.25, 0.3) is 0 Å². The van der Waals surface area contributed by atoms with Crippen LogP contribution < -0.4 is 4.74 Å². The number of fused-ring (bicyclic) bond motifs is 1. The summed E-state index contributed by atoms with van der Waals surface area (Å²) < 4.78 is 26.9. The maximum Gasteiger partial charge on any atom is 0.191 e.